The molecule has 3 aromatic rings. The van der Waals surface area contributed by atoms with Crippen molar-refractivity contribution in [1.82, 2.24) is 5.01 Å². The second-order valence-corrected chi connectivity index (χ2v) is 7.82. The summed E-state index contributed by atoms with van der Waals surface area (Å²) in [6.45, 7) is 2.41. The molecule has 0 radical (unpaired) electrons. The van der Waals surface area contributed by atoms with Gasteiger partial charge in [0.1, 0.15) is 0 Å². The Bertz CT molecular complexity index is 1080. The van der Waals surface area contributed by atoms with Crippen LogP contribution in [-0.4, -0.2) is 17.3 Å². The molecule has 148 valence electrons. The number of hydrogen-bond donors (Lipinski definition) is 0. The smallest absolute Gasteiger partial charge is 0.214 e. The van der Waals surface area contributed by atoms with Crippen molar-refractivity contribution in [2.24, 2.45) is 5.10 Å². The molecule has 0 N–H and O–H groups in total. The molecule has 0 amide bonds. The number of nitrogens with zero attached hydrogens (tertiary/aromatic N) is 2. The number of halogens is 2. The average Bonchev–Trinajstić information content (AvgIpc) is 3.40. The Hall–Kier alpha value is -2.93. The summed E-state index contributed by atoms with van der Waals surface area (Å²) in [5, 5.41) is 8.68. The normalized spacial score (nSPS) is 20.0. The molecule has 2 aliphatic heterocycles. The molecule has 0 saturated carbocycles. The summed E-state index contributed by atoms with van der Waals surface area (Å²) in [6, 6.07) is 13.6. The number of rotatable bonds is 4. The van der Waals surface area contributed by atoms with Crippen molar-refractivity contribution in [3.05, 3.63) is 81.5 Å². The van der Waals surface area contributed by atoms with E-state index >= 15 is 0 Å². The van der Waals surface area contributed by atoms with E-state index in [1.165, 1.54) is 12.1 Å². The predicted octanol–water partition coefficient (Wildman–Crippen LogP) is 5.67. The lowest BCUT2D eigenvalue weighted by molar-refractivity contribution is -0.0214. The molecule has 4 nitrogen and oxygen atoms in total. The molecule has 29 heavy (non-hydrogen) atoms. The van der Waals surface area contributed by atoms with Crippen molar-refractivity contribution in [2.45, 2.75) is 25.6 Å². The maximum absolute atomic E-state index is 14.0. The third-order valence-electron chi connectivity index (χ3n) is 5.11. The molecule has 0 aliphatic carbocycles. The van der Waals surface area contributed by atoms with Crippen LogP contribution in [0.15, 0.2) is 59.0 Å². The van der Waals surface area contributed by atoms with Gasteiger partial charge in [-0.15, -0.1) is 11.3 Å². The molecule has 0 unspecified atom stereocenters. The van der Waals surface area contributed by atoms with Crippen LogP contribution in [0.4, 0.5) is 8.78 Å². The Labute approximate surface area is 171 Å². The quantitative estimate of drug-likeness (QED) is 0.554. The third-order valence-corrected chi connectivity index (χ3v) is 6.03. The molecule has 0 bridgehead atoms. The van der Waals surface area contributed by atoms with Gasteiger partial charge in [-0.3, -0.25) is 0 Å². The minimum Gasteiger partial charge on any atom is -0.490 e. The van der Waals surface area contributed by atoms with Crippen molar-refractivity contribution >= 4 is 17.0 Å². The van der Waals surface area contributed by atoms with Gasteiger partial charge in [-0.2, -0.15) is 5.10 Å². The van der Waals surface area contributed by atoms with Crippen LogP contribution in [0.3, 0.4) is 0 Å². The zero-order valence-corrected chi connectivity index (χ0v) is 16.5. The van der Waals surface area contributed by atoms with E-state index in [9.17, 15) is 8.78 Å². The summed E-state index contributed by atoms with van der Waals surface area (Å²) in [7, 11) is 0. The summed E-state index contributed by atoms with van der Waals surface area (Å²) >= 11 is 1.63. The first-order valence-corrected chi connectivity index (χ1v) is 10.3. The van der Waals surface area contributed by atoms with Gasteiger partial charge in [0, 0.05) is 17.5 Å². The predicted molar refractivity (Wildman–Crippen MR) is 107 cm³/mol. The highest BCUT2D eigenvalue weighted by molar-refractivity contribution is 7.12. The highest BCUT2D eigenvalue weighted by Gasteiger charge is 2.42. The number of para-hydroxylation sites is 1. The maximum Gasteiger partial charge on any atom is 0.214 e. The standard InChI is InChI=1S/C22H18F2N2O2S/c1-2-27-19-6-3-5-14-18-12-17(20-7-4-10-29-20)25-26(18)22(28-21(14)19)13-8-9-15(23)16(24)11-13/h3-11,18,22H,2,12H2,1H3/t18-,22+/m0/s1. The number of fused-ring (bicyclic) bond motifs is 3. The van der Waals surface area contributed by atoms with Crippen molar-refractivity contribution in [3.63, 3.8) is 0 Å². The van der Waals surface area contributed by atoms with Gasteiger partial charge in [0.2, 0.25) is 6.23 Å². The van der Waals surface area contributed by atoms with Gasteiger partial charge < -0.3 is 9.47 Å². The highest BCUT2D eigenvalue weighted by atomic mass is 32.1. The van der Waals surface area contributed by atoms with Crippen LogP contribution in [0.2, 0.25) is 0 Å². The molecule has 2 atom stereocenters. The highest BCUT2D eigenvalue weighted by Crippen LogP contribution is 2.51. The Morgan fingerprint density at radius 1 is 1.17 bits per heavy atom. The zero-order chi connectivity index (χ0) is 20.0. The molecule has 0 saturated heterocycles. The molecular weight excluding hydrogens is 394 g/mol. The first kappa shape index (κ1) is 18.1. The van der Waals surface area contributed by atoms with Gasteiger partial charge in [0.15, 0.2) is 23.1 Å². The van der Waals surface area contributed by atoms with E-state index in [1.54, 1.807) is 11.3 Å². The second-order valence-electron chi connectivity index (χ2n) is 6.88. The number of benzene rings is 2. The van der Waals surface area contributed by atoms with E-state index in [2.05, 4.69) is 0 Å². The van der Waals surface area contributed by atoms with E-state index in [0.717, 1.165) is 22.2 Å². The maximum atomic E-state index is 14.0. The van der Waals surface area contributed by atoms with E-state index in [1.807, 2.05) is 47.6 Å². The third kappa shape index (κ3) is 3.06. The van der Waals surface area contributed by atoms with Crippen LogP contribution in [0.25, 0.3) is 0 Å². The molecule has 3 heterocycles. The molecule has 0 fully saturated rings. The Kier molecular flexibility index (Phi) is 4.47. The zero-order valence-electron chi connectivity index (χ0n) is 15.6. The minimum atomic E-state index is -0.909. The van der Waals surface area contributed by atoms with Gasteiger partial charge in [0.25, 0.3) is 0 Å². The topological polar surface area (TPSA) is 34.1 Å². The van der Waals surface area contributed by atoms with E-state index in [4.69, 9.17) is 14.6 Å². The van der Waals surface area contributed by atoms with Gasteiger partial charge in [-0.1, -0.05) is 24.3 Å². The molecular formula is C22H18F2N2O2S. The summed E-state index contributed by atoms with van der Waals surface area (Å²) in [6.07, 6.45) is 0.0220. The summed E-state index contributed by atoms with van der Waals surface area (Å²) in [5.41, 5.74) is 2.43. The molecule has 2 aromatic carbocycles. The SMILES string of the molecule is CCOc1cccc2c1O[C@H](c1ccc(F)c(F)c1)N1N=C(c3cccs3)C[C@@H]21. The van der Waals surface area contributed by atoms with Crippen LogP contribution in [0, 0.1) is 11.6 Å². The Morgan fingerprint density at radius 2 is 2.07 bits per heavy atom. The average molecular weight is 412 g/mol. The van der Waals surface area contributed by atoms with Crippen LogP contribution < -0.4 is 9.47 Å². The minimum absolute atomic E-state index is 0.0747. The van der Waals surface area contributed by atoms with Crippen molar-refractivity contribution in [1.29, 1.82) is 0 Å². The lowest BCUT2D eigenvalue weighted by Crippen LogP contribution is -2.34. The Balaban J connectivity index is 1.63. The fourth-order valence-corrected chi connectivity index (χ4v) is 4.55. The van der Waals surface area contributed by atoms with E-state index in [-0.39, 0.29) is 6.04 Å². The molecule has 5 rings (SSSR count). The van der Waals surface area contributed by atoms with E-state index in [0.29, 0.717) is 30.1 Å². The summed E-state index contributed by atoms with van der Waals surface area (Å²) in [4.78, 5) is 1.09. The van der Waals surface area contributed by atoms with Crippen LogP contribution >= 0.6 is 11.3 Å². The number of hydrazone groups is 1. The molecule has 2 aliphatic rings. The van der Waals surface area contributed by atoms with Crippen molar-refractivity contribution in [3.8, 4) is 11.5 Å². The second kappa shape index (κ2) is 7.15. The largest absolute Gasteiger partial charge is 0.490 e. The number of ether oxygens (including phenoxy) is 2. The molecule has 1 aromatic heterocycles. The van der Waals surface area contributed by atoms with Crippen molar-refractivity contribution < 1.29 is 18.3 Å². The van der Waals surface area contributed by atoms with Gasteiger partial charge in [-0.05, 0) is 36.6 Å². The Morgan fingerprint density at radius 3 is 2.83 bits per heavy atom. The monoisotopic (exact) mass is 412 g/mol. The van der Waals surface area contributed by atoms with Crippen LogP contribution in [0.5, 0.6) is 11.5 Å². The van der Waals surface area contributed by atoms with Crippen LogP contribution in [0.1, 0.15) is 41.6 Å². The molecule has 0 spiro atoms. The molecule has 7 heteroatoms. The fourth-order valence-electron chi connectivity index (χ4n) is 3.83. The van der Waals surface area contributed by atoms with Gasteiger partial charge in [-0.25, -0.2) is 13.8 Å². The summed E-state index contributed by atoms with van der Waals surface area (Å²) < 4.78 is 39.5. The van der Waals surface area contributed by atoms with Gasteiger partial charge >= 0.3 is 0 Å². The van der Waals surface area contributed by atoms with Crippen LogP contribution in [-0.2, 0) is 0 Å². The van der Waals surface area contributed by atoms with Gasteiger partial charge in [0.05, 0.1) is 23.2 Å². The first-order chi connectivity index (χ1) is 14.2. The first-order valence-electron chi connectivity index (χ1n) is 9.42. The number of hydrogen-bond acceptors (Lipinski definition) is 5. The lowest BCUT2D eigenvalue weighted by Gasteiger charge is -2.38. The summed E-state index contributed by atoms with van der Waals surface area (Å²) in [5.74, 6) is -0.524. The lowest BCUT2D eigenvalue weighted by atomic mass is 9.97. The fraction of sp³-hybridized carbons (Fsp3) is 0.227. The van der Waals surface area contributed by atoms with Crippen molar-refractivity contribution in [2.75, 3.05) is 6.61 Å². The number of thiophene rings is 1. The van der Waals surface area contributed by atoms with E-state index < -0.39 is 17.9 Å².